The van der Waals surface area contributed by atoms with Crippen molar-refractivity contribution in [3.63, 3.8) is 0 Å². The van der Waals surface area contributed by atoms with E-state index in [0.29, 0.717) is 19.4 Å². The number of carbonyl (C=O) groups is 1. The van der Waals surface area contributed by atoms with E-state index in [2.05, 4.69) is 4.90 Å². The first-order chi connectivity index (χ1) is 9.17. The van der Waals surface area contributed by atoms with Gasteiger partial charge >= 0.3 is 0 Å². The van der Waals surface area contributed by atoms with Gasteiger partial charge in [-0.2, -0.15) is 0 Å². The zero-order chi connectivity index (χ0) is 13.8. The third-order valence-corrected chi connectivity index (χ3v) is 3.55. The Morgan fingerprint density at radius 1 is 1.47 bits per heavy atom. The lowest BCUT2D eigenvalue weighted by atomic mass is 10.0. The molecule has 0 aliphatic carbocycles. The SMILES string of the molecule is COCCCn1c2c(cc(C=O)c1=O)CN(C)CC2. The average molecular weight is 264 g/mol. The number of aromatic nitrogens is 1. The summed E-state index contributed by atoms with van der Waals surface area (Å²) >= 11 is 0. The van der Waals surface area contributed by atoms with Crippen molar-refractivity contribution in [3.8, 4) is 0 Å². The van der Waals surface area contributed by atoms with Crippen molar-refractivity contribution < 1.29 is 9.53 Å². The minimum absolute atomic E-state index is 0.172. The molecule has 104 valence electrons. The first-order valence-corrected chi connectivity index (χ1v) is 6.55. The van der Waals surface area contributed by atoms with Gasteiger partial charge in [0.05, 0.1) is 5.56 Å². The van der Waals surface area contributed by atoms with E-state index in [1.165, 1.54) is 0 Å². The number of aldehydes is 1. The maximum atomic E-state index is 12.2. The number of carbonyl (C=O) groups excluding carboxylic acids is 1. The van der Waals surface area contributed by atoms with E-state index in [0.717, 1.165) is 37.2 Å². The molecule has 5 nitrogen and oxygen atoms in total. The van der Waals surface area contributed by atoms with Gasteiger partial charge in [0.1, 0.15) is 0 Å². The zero-order valence-electron chi connectivity index (χ0n) is 11.5. The molecule has 0 fully saturated rings. The maximum absolute atomic E-state index is 12.2. The van der Waals surface area contributed by atoms with Crippen LogP contribution in [0.25, 0.3) is 0 Å². The second-order valence-corrected chi connectivity index (χ2v) is 4.98. The number of fused-ring (bicyclic) bond motifs is 1. The Balaban J connectivity index is 2.41. The van der Waals surface area contributed by atoms with E-state index in [1.54, 1.807) is 17.7 Å². The van der Waals surface area contributed by atoms with Crippen LogP contribution in [0.4, 0.5) is 0 Å². The molecule has 0 N–H and O–H groups in total. The highest BCUT2D eigenvalue weighted by molar-refractivity contribution is 5.74. The lowest BCUT2D eigenvalue weighted by molar-refractivity contribution is 0.112. The fourth-order valence-electron chi connectivity index (χ4n) is 2.57. The predicted molar refractivity (Wildman–Crippen MR) is 72.6 cm³/mol. The molecule has 0 unspecified atom stereocenters. The summed E-state index contributed by atoms with van der Waals surface area (Å²) in [6, 6.07) is 1.74. The van der Waals surface area contributed by atoms with Gasteiger partial charge in [-0.1, -0.05) is 0 Å². The van der Waals surface area contributed by atoms with Gasteiger partial charge in [0.2, 0.25) is 0 Å². The number of pyridine rings is 1. The smallest absolute Gasteiger partial charge is 0.261 e. The Kier molecular flexibility index (Phi) is 4.50. The van der Waals surface area contributed by atoms with Gasteiger partial charge in [-0.05, 0) is 25.1 Å². The van der Waals surface area contributed by atoms with Crippen LogP contribution in [0.3, 0.4) is 0 Å². The third-order valence-electron chi connectivity index (χ3n) is 3.55. The summed E-state index contributed by atoms with van der Waals surface area (Å²) in [5, 5.41) is 0. The number of likely N-dealkylation sites (N-methyl/N-ethyl adjacent to an activating group) is 1. The van der Waals surface area contributed by atoms with Gasteiger partial charge in [0, 0.05) is 45.5 Å². The van der Waals surface area contributed by atoms with E-state index in [4.69, 9.17) is 4.74 Å². The Morgan fingerprint density at radius 3 is 2.95 bits per heavy atom. The Morgan fingerprint density at radius 2 is 2.26 bits per heavy atom. The van der Waals surface area contributed by atoms with E-state index in [9.17, 15) is 9.59 Å². The molecule has 0 saturated carbocycles. The van der Waals surface area contributed by atoms with E-state index in [-0.39, 0.29) is 11.1 Å². The summed E-state index contributed by atoms with van der Waals surface area (Å²) in [6.07, 6.45) is 2.29. The van der Waals surface area contributed by atoms with Crippen LogP contribution in [-0.2, 0) is 24.2 Å². The topological polar surface area (TPSA) is 51.5 Å². The van der Waals surface area contributed by atoms with Crippen molar-refractivity contribution in [2.45, 2.75) is 25.9 Å². The molecule has 1 aromatic rings. The van der Waals surface area contributed by atoms with Crippen LogP contribution in [0.15, 0.2) is 10.9 Å². The van der Waals surface area contributed by atoms with E-state index >= 15 is 0 Å². The molecule has 1 aromatic heterocycles. The van der Waals surface area contributed by atoms with Crippen molar-refractivity contribution in [1.82, 2.24) is 9.47 Å². The van der Waals surface area contributed by atoms with Crippen LogP contribution in [-0.4, -0.2) is 43.1 Å². The molecule has 0 spiro atoms. The number of nitrogens with zero attached hydrogens (tertiary/aromatic N) is 2. The van der Waals surface area contributed by atoms with Gasteiger partial charge < -0.3 is 14.2 Å². The van der Waals surface area contributed by atoms with Gasteiger partial charge in [0.25, 0.3) is 5.56 Å². The highest BCUT2D eigenvalue weighted by Crippen LogP contribution is 2.17. The first-order valence-electron chi connectivity index (χ1n) is 6.55. The molecule has 0 atom stereocenters. The number of hydrogen-bond donors (Lipinski definition) is 0. The molecular weight excluding hydrogens is 244 g/mol. The second kappa shape index (κ2) is 6.12. The van der Waals surface area contributed by atoms with Crippen LogP contribution in [0.5, 0.6) is 0 Å². The van der Waals surface area contributed by atoms with Crippen LogP contribution < -0.4 is 5.56 Å². The fraction of sp³-hybridized carbons (Fsp3) is 0.571. The summed E-state index contributed by atoms with van der Waals surface area (Å²) in [6.45, 7) is 2.96. The zero-order valence-corrected chi connectivity index (χ0v) is 11.5. The molecule has 0 amide bonds. The standard InChI is InChI=1S/C14H20N2O3/c1-15-6-4-13-11(9-15)8-12(10-17)14(18)16(13)5-3-7-19-2/h8,10H,3-7,9H2,1-2H3. The Labute approximate surface area is 112 Å². The van der Waals surface area contributed by atoms with Gasteiger partial charge in [-0.3, -0.25) is 9.59 Å². The van der Waals surface area contributed by atoms with Crippen molar-refractivity contribution in [2.24, 2.45) is 0 Å². The maximum Gasteiger partial charge on any atom is 0.261 e. The van der Waals surface area contributed by atoms with Crippen LogP contribution in [0.1, 0.15) is 28.0 Å². The first kappa shape index (κ1) is 14.0. The highest BCUT2D eigenvalue weighted by Gasteiger charge is 2.19. The fourth-order valence-corrected chi connectivity index (χ4v) is 2.57. The molecule has 2 rings (SSSR count). The average Bonchev–Trinajstić information content (AvgIpc) is 2.41. The quantitative estimate of drug-likeness (QED) is 0.580. The molecule has 19 heavy (non-hydrogen) atoms. The lowest BCUT2D eigenvalue weighted by Crippen LogP contribution is -2.35. The van der Waals surface area contributed by atoms with Gasteiger partial charge in [-0.25, -0.2) is 0 Å². The molecule has 1 aliphatic rings. The minimum Gasteiger partial charge on any atom is -0.385 e. The Bertz CT molecular complexity index is 522. The number of methoxy groups -OCH3 is 1. The number of rotatable bonds is 5. The van der Waals surface area contributed by atoms with Crippen molar-refractivity contribution in [3.05, 3.63) is 33.2 Å². The second-order valence-electron chi connectivity index (χ2n) is 4.98. The van der Waals surface area contributed by atoms with Crippen molar-refractivity contribution in [1.29, 1.82) is 0 Å². The minimum atomic E-state index is -0.172. The summed E-state index contributed by atoms with van der Waals surface area (Å²) in [4.78, 5) is 25.4. The monoisotopic (exact) mass is 264 g/mol. The van der Waals surface area contributed by atoms with Gasteiger partial charge in [-0.15, -0.1) is 0 Å². The Hall–Kier alpha value is -1.46. The molecule has 2 heterocycles. The summed E-state index contributed by atoms with van der Waals surface area (Å²) in [7, 11) is 3.69. The molecule has 1 aliphatic heterocycles. The number of hydrogen-bond acceptors (Lipinski definition) is 4. The van der Waals surface area contributed by atoms with Crippen molar-refractivity contribution >= 4 is 6.29 Å². The molecule has 0 saturated heterocycles. The summed E-state index contributed by atoms with van der Waals surface area (Å²) in [5.41, 5.74) is 2.25. The molecule has 5 heteroatoms. The highest BCUT2D eigenvalue weighted by atomic mass is 16.5. The normalized spacial score (nSPS) is 15.3. The van der Waals surface area contributed by atoms with Crippen molar-refractivity contribution in [2.75, 3.05) is 27.3 Å². The van der Waals surface area contributed by atoms with Gasteiger partial charge in [0.15, 0.2) is 6.29 Å². The predicted octanol–water partition coefficient (Wildman–Crippen LogP) is 0.685. The molecule has 0 bridgehead atoms. The largest absolute Gasteiger partial charge is 0.385 e. The van der Waals surface area contributed by atoms with E-state index in [1.807, 2.05) is 7.05 Å². The molecular formula is C14H20N2O3. The van der Waals surface area contributed by atoms with Crippen LogP contribution in [0, 0.1) is 0 Å². The summed E-state index contributed by atoms with van der Waals surface area (Å²) in [5.74, 6) is 0. The lowest BCUT2D eigenvalue weighted by Gasteiger charge is -2.27. The summed E-state index contributed by atoms with van der Waals surface area (Å²) < 4.78 is 6.78. The van der Waals surface area contributed by atoms with E-state index < -0.39 is 0 Å². The molecule has 0 aromatic carbocycles. The molecule has 0 radical (unpaired) electrons. The van der Waals surface area contributed by atoms with Crippen LogP contribution in [0.2, 0.25) is 0 Å². The third kappa shape index (κ3) is 2.93. The van der Waals surface area contributed by atoms with Crippen LogP contribution >= 0.6 is 0 Å². The number of ether oxygens (including phenoxy) is 1.